The maximum absolute atomic E-state index is 4.02. The second-order valence-electron chi connectivity index (χ2n) is 4.89. The Morgan fingerprint density at radius 2 is 1.57 bits per heavy atom. The summed E-state index contributed by atoms with van der Waals surface area (Å²) in [5.41, 5.74) is 2.43. The summed E-state index contributed by atoms with van der Waals surface area (Å²) in [6.07, 6.45) is 14.7. The van der Waals surface area contributed by atoms with Crippen LogP contribution in [0.2, 0.25) is 0 Å². The van der Waals surface area contributed by atoms with Crippen LogP contribution in [0.4, 0.5) is 0 Å². The van der Waals surface area contributed by atoms with Gasteiger partial charge in [-0.2, -0.15) is 0 Å². The standard InChI is InChI=1S/C21H22/c1-5-9-13-19-17(8-4)21-15-11-10-14-20(21)16(7-3)18(19)12-6-2/h5-15H,3H2,1-2,4H3/b9-5-,12-6-,17-8+,19-13+. The summed E-state index contributed by atoms with van der Waals surface area (Å²) in [7, 11) is 0. The first-order chi connectivity index (χ1) is 10.3. The molecule has 0 aromatic heterocycles. The summed E-state index contributed by atoms with van der Waals surface area (Å²) in [6, 6.07) is 8.54. The summed E-state index contributed by atoms with van der Waals surface area (Å²) in [6.45, 7) is 10.2. The van der Waals surface area contributed by atoms with Crippen molar-refractivity contribution in [2.24, 2.45) is 0 Å². The molecule has 0 unspecified atom stereocenters. The number of hydrogen-bond donors (Lipinski definition) is 0. The molecule has 106 valence electrons. The molecule has 0 bridgehead atoms. The highest BCUT2D eigenvalue weighted by Crippen LogP contribution is 2.19. The fourth-order valence-electron chi connectivity index (χ4n) is 2.78. The third kappa shape index (κ3) is 2.75. The van der Waals surface area contributed by atoms with Crippen LogP contribution in [0.1, 0.15) is 31.9 Å². The molecule has 2 aromatic carbocycles. The third-order valence-corrected chi connectivity index (χ3v) is 3.66. The van der Waals surface area contributed by atoms with Crippen molar-refractivity contribution in [2.75, 3.05) is 0 Å². The zero-order valence-electron chi connectivity index (χ0n) is 13.1. The van der Waals surface area contributed by atoms with Crippen LogP contribution in [0.5, 0.6) is 0 Å². The molecule has 0 aliphatic carbocycles. The van der Waals surface area contributed by atoms with E-state index in [1.54, 1.807) is 0 Å². The Morgan fingerprint density at radius 1 is 0.857 bits per heavy atom. The van der Waals surface area contributed by atoms with Gasteiger partial charge in [0, 0.05) is 0 Å². The molecular formula is C21H22. The van der Waals surface area contributed by atoms with Crippen LogP contribution in [0, 0.1) is 0 Å². The highest BCUT2D eigenvalue weighted by Gasteiger charge is 2.07. The van der Waals surface area contributed by atoms with E-state index in [9.17, 15) is 0 Å². The zero-order valence-corrected chi connectivity index (χ0v) is 13.1. The van der Waals surface area contributed by atoms with E-state index in [2.05, 4.69) is 81.1 Å². The van der Waals surface area contributed by atoms with Gasteiger partial charge >= 0.3 is 0 Å². The minimum atomic E-state index is 1.20. The van der Waals surface area contributed by atoms with E-state index >= 15 is 0 Å². The fourth-order valence-corrected chi connectivity index (χ4v) is 2.78. The van der Waals surface area contributed by atoms with Crippen molar-refractivity contribution in [3.05, 3.63) is 70.6 Å². The van der Waals surface area contributed by atoms with Crippen molar-refractivity contribution in [3.8, 4) is 0 Å². The van der Waals surface area contributed by atoms with E-state index in [0.717, 1.165) is 0 Å². The molecule has 2 aromatic rings. The third-order valence-electron chi connectivity index (χ3n) is 3.66. The average molecular weight is 274 g/mol. The minimum Gasteiger partial charge on any atom is -0.0984 e. The van der Waals surface area contributed by atoms with E-state index in [-0.39, 0.29) is 0 Å². The van der Waals surface area contributed by atoms with Crippen LogP contribution in [-0.4, -0.2) is 0 Å². The van der Waals surface area contributed by atoms with Gasteiger partial charge in [0.15, 0.2) is 0 Å². The van der Waals surface area contributed by atoms with E-state index in [1.165, 1.54) is 32.3 Å². The molecule has 0 saturated carbocycles. The van der Waals surface area contributed by atoms with Crippen molar-refractivity contribution in [1.82, 2.24) is 0 Å². The lowest BCUT2D eigenvalue weighted by Gasteiger charge is -2.10. The largest absolute Gasteiger partial charge is 0.0984 e. The van der Waals surface area contributed by atoms with Gasteiger partial charge in [0.2, 0.25) is 0 Å². The summed E-state index contributed by atoms with van der Waals surface area (Å²) in [5, 5.41) is 5.06. The summed E-state index contributed by atoms with van der Waals surface area (Å²) in [5.74, 6) is 0. The van der Waals surface area contributed by atoms with Gasteiger partial charge in [-0.3, -0.25) is 0 Å². The number of benzene rings is 2. The molecule has 0 aliphatic heterocycles. The second kappa shape index (κ2) is 6.90. The predicted octanol–water partition coefficient (Wildman–Crippen LogP) is 4.67. The average Bonchev–Trinajstić information content (AvgIpc) is 2.52. The second-order valence-corrected chi connectivity index (χ2v) is 4.89. The first-order valence-electron chi connectivity index (χ1n) is 7.37. The number of fused-ring (bicyclic) bond motifs is 1. The van der Waals surface area contributed by atoms with Crippen LogP contribution < -0.4 is 10.4 Å². The quantitative estimate of drug-likeness (QED) is 0.763. The molecule has 21 heavy (non-hydrogen) atoms. The lowest BCUT2D eigenvalue weighted by Crippen LogP contribution is -2.29. The molecule has 0 heteroatoms. The van der Waals surface area contributed by atoms with Crippen molar-refractivity contribution < 1.29 is 0 Å². The highest BCUT2D eigenvalue weighted by atomic mass is 14.1. The molecule has 0 saturated heterocycles. The lowest BCUT2D eigenvalue weighted by molar-refractivity contribution is 1.50. The maximum atomic E-state index is 4.02. The van der Waals surface area contributed by atoms with Crippen LogP contribution in [0.15, 0.2) is 49.1 Å². The van der Waals surface area contributed by atoms with Crippen molar-refractivity contribution in [1.29, 1.82) is 0 Å². The van der Waals surface area contributed by atoms with Gasteiger partial charge in [-0.15, -0.1) is 0 Å². The number of hydrogen-bond acceptors (Lipinski definition) is 0. The van der Waals surface area contributed by atoms with Gasteiger partial charge in [-0.05, 0) is 53.1 Å². The fraction of sp³-hybridized carbons (Fsp3) is 0.143. The molecule has 0 nitrogen and oxygen atoms in total. The Bertz CT molecular complexity index is 830. The van der Waals surface area contributed by atoms with Gasteiger partial charge < -0.3 is 0 Å². The SMILES string of the molecule is C=Cc1c(/C=C\C)c(=C/C=C\C)/c(=C\C)c2ccccc12. The van der Waals surface area contributed by atoms with Gasteiger partial charge in [0.1, 0.15) is 0 Å². The van der Waals surface area contributed by atoms with E-state index < -0.39 is 0 Å². The first kappa shape index (κ1) is 15.1. The van der Waals surface area contributed by atoms with Crippen LogP contribution in [-0.2, 0) is 0 Å². The molecule has 0 N–H and O–H groups in total. The van der Waals surface area contributed by atoms with Gasteiger partial charge in [0.25, 0.3) is 0 Å². The monoisotopic (exact) mass is 274 g/mol. The van der Waals surface area contributed by atoms with E-state index in [1.807, 2.05) is 13.0 Å². The Morgan fingerprint density at radius 3 is 2.14 bits per heavy atom. The van der Waals surface area contributed by atoms with Crippen LogP contribution >= 0.6 is 0 Å². The minimum absolute atomic E-state index is 1.20. The van der Waals surface area contributed by atoms with Crippen LogP contribution in [0.3, 0.4) is 0 Å². The van der Waals surface area contributed by atoms with E-state index in [0.29, 0.717) is 0 Å². The molecule has 0 fully saturated rings. The Hall–Kier alpha value is -2.34. The normalized spacial score (nSPS) is 13.9. The number of rotatable bonds is 3. The first-order valence-corrected chi connectivity index (χ1v) is 7.37. The molecule has 0 heterocycles. The van der Waals surface area contributed by atoms with Crippen molar-refractivity contribution >= 4 is 35.1 Å². The molecule has 0 atom stereocenters. The zero-order chi connectivity index (χ0) is 15.2. The van der Waals surface area contributed by atoms with Crippen molar-refractivity contribution in [3.63, 3.8) is 0 Å². The van der Waals surface area contributed by atoms with Crippen molar-refractivity contribution in [2.45, 2.75) is 20.8 Å². The maximum Gasteiger partial charge on any atom is -0.00993 e. The summed E-state index contributed by atoms with van der Waals surface area (Å²) in [4.78, 5) is 0. The Kier molecular flexibility index (Phi) is 4.94. The topological polar surface area (TPSA) is 0 Å². The van der Waals surface area contributed by atoms with Gasteiger partial charge in [0.05, 0.1) is 0 Å². The molecule has 0 aliphatic rings. The summed E-state index contributed by atoms with van der Waals surface area (Å²) >= 11 is 0. The molecule has 0 amide bonds. The number of allylic oxidation sites excluding steroid dienone is 3. The van der Waals surface area contributed by atoms with Gasteiger partial charge in [-0.1, -0.05) is 73.4 Å². The smallest absolute Gasteiger partial charge is 0.00993 e. The lowest BCUT2D eigenvalue weighted by atomic mass is 9.93. The molecule has 2 rings (SSSR count). The molecule has 0 spiro atoms. The Labute approximate surface area is 127 Å². The Balaban J connectivity index is 3.19. The molecule has 0 radical (unpaired) electrons. The summed E-state index contributed by atoms with van der Waals surface area (Å²) < 4.78 is 0. The molecular weight excluding hydrogens is 252 g/mol. The highest BCUT2D eigenvalue weighted by molar-refractivity contribution is 5.95. The van der Waals surface area contributed by atoms with E-state index in [4.69, 9.17) is 0 Å². The van der Waals surface area contributed by atoms with Gasteiger partial charge in [-0.25, -0.2) is 0 Å². The predicted molar refractivity (Wildman–Crippen MR) is 97.4 cm³/mol. The van der Waals surface area contributed by atoms with Crippen LogP contribution in [0.25, 0.3) is 35.1 Å².